The zero-order chi connectivity index (χ0) is 14.5. The molecule has 1 amide bonds. The second-order valence-corrected chi connectivity index (χ2v) is 5.36. The largest absolute Gasteiger partial charge is 0.380 e. The molecular formula is C16H18ClNO2. The molecule has 1 heterocycles. The van der Waals surface area contributed by atoms with Crippen molar-refractivity contribution < 1.29 is 9.53 Å². The number of piperidine rings is 1. The summed E-state index contributed by atoms with van der Waals surface area (Å²) in [7, 11) is 1.68. The number of ether oxygens (including phenoxy) is 1. The number of carbonyl (C=O) groups is 1. The van der Waals surface area contributed by atoms with E-state index in [1.54, 1.807) is 18.9 Å². The lowest BCUT2D eigenvalue weighted by atomic mass is 9.89. The van der Waals surface area contributed by atoms with Gasteiger partial charge in [0.15, 0.2) is 0 Å². The van der Waals surface area contributed by atoms with E-state index in [2.05, 4.69) is 11.8 Å². The Balaban J connectivity index is 2.17. The van der Waals surface area contributed by atoms with Crippen LogP contribution in [0.4, 0.5) is 0 Å². The van der Waals surface area contributed by atoms with Crippen molar-refractivity contribution >= 4 is 17.5 Å². The van der Waals surface area contributed by atoms with Gasteiger partial charge < -0.3 is 9.64 Å². The average molecular weight is 292 g/mol. The lowest BCUT2D eigenvalue weighted by Gasteiger charge is -2.36. The van der Waals surface area contributed by atoms with Gasteiger partial charge in [0.1, 0.15) is 0 Å². The SMILES string of the molecule is CC#CC(=O)N1C[C@@H](OC)C[C@@H](c2ccc(Cl)cc2)C1. The van der Waals surface area contributed by atoms with Crippen molar-refractivity contribution in [3.63, 3.8) is 0 Å². The van der Waals surface area contributed by atoms with Crippen molar-refractivity contribution in [3.05, 3.63) is 34.9 Å². The highest BCUT2D eigenvalue weighted by Crippen LogP contribution is 2.29. The quantitative estimate of drug-likeness (QED) is 0.784. The van der Waals surface area contributed by atoms with Gasteiger partial charge in [-0.3, -0.25) is 4.79 Å². The van der Waals surface area contributed by atoms with Gasteiger partial charge in [0.25, 0.3) is 5.91 Å². The van der Waals surface area contributed by atoms with E-state index < -0.39 is 0 Å². The van der Waals surface area contributed by atoms with Gasteiger partial charge in [0, 0.05) is 31.1 Å². The first-order chi connectivity index (χ1) is 9.63. The monoisotopic (exact) mass is 291 g/mol. The molecule has 0 spiro atoms. The zero-order valence-corrected chi connectivity index (χ0v) is 12.5. The summed E-state index contributed by atoms with van der Waals surface area (Å²) in [5.41, 5.74) is 1.18. The second kappa shape index (κ2) is 6.78. The summed E-state index contributed by atoms with van der Waals surface area (Å²) in [4.78, 5) is 13.7. The van der Waals surface area contributed by atoms with Gasteiger partial charge in [-0.15, -0.1) is 0 Å². The van der Waals surface area contributed by atoms with Gasteiger partial charge in [-0.2, -0.15) is 0 Å². The van der Waals surface area contributed by atoms with Crippen LogP contribution in [0, 0.1) is 11.8 Å². The van der Waals surface area contributed by atoms with E-state index in [1.165, 1.54) is 5.56 Å². The van der Waals surface area contributed by atoms with Gasteiger partial charge in [0.2, 0.25) is 0 Å². The average Bonchev–Trinajstić information content (AvgIpc) is 2.47. The Labute approximate surface area is 124 Å². The van der Waals surface area contributed by atoms with E-state index in [0.29, 0.717) is 13.1 Å². The molecule has 1 aromatic rings. The van der Waals surface area contributed by atoms with Crippen LogP contribution in [0.5, 0.6) is 0 Å². The Kier molecular flexibility index (Phi) is 5.05. The number of methoxy groups -OCH3 is 1. The van der Waals surface area contributed by atoms with E-state index in [9.17, 15) is 4.79 Å². The number of amides is 1. The molecule has 0 bridgehead atoms. The summed E-state index contributed by atoms with van der Waals surface area (Å²) in [6.07, 6.45) is 0.952. The van der Waals surface area contributed by atoms with Crippen LogP contribution in [-0.2, 0) is 9.53 Å². The van der Waals surface area contributed by atoms with E-state index in [4.69, 9.17) is 16.3 Å². The molecule has 106 valence electrons. The summed E-state index contributed by atoms with van der Waals surface area (Å²) in [5.74, 6) is 5.39. The van der Waals surface area contributed by atoms with Crippen molar-refractivity contribution in [2.75, 3.05) is 20.2 Å². The standard InChI is InChI=1S/C16H18ClNO2/c1-3-4-16(19)18-10-13(9-15(11-18)20-2)12-5-7-14(17)8-6-12/h5-8,13,15H,9-11H2,1-2H3/t13-,15+/m1/s1. The summed E-state index contributed by atoms with van der Waals surface area (Å²) in [5, 5.41) is 0.720. The van der Waals surface area contributed by atoms with Crippen LogP contribution in [0.3, 0.4) is 0 Å². The van der Waals surface area contributed by atoms with E-state index in [-0.39, 0.29) is 17.9 Å². The molecule has 1 fully saturated rings. The molecule has 1 saturated heterocycles. The Morgan fingerprint density at radius 2 is 2.05 bits per heavy atom. The predicted octanol–water partition coefficient (Wildman–Crippen LogP) is 2.69. The summed E-state index contributed by atoms with van der Waals surface area (Å²) in [6, 6.07) is 7.79. The zero-order valence-electron chi connectivity index (χ0n) is 11.7. The lowest BCUT2D eigenvalue weighted by Crippen LogP contribution is -2.45. The van der Waals surface area contributed by atoms with Gasteiger partial charge in [-0.05, 0) is 37.0 Å². The molecule has 2 rings (SSSR count). The Morgan fingerprint density at radius 3 is 2.65 bits per heavy atom. The number of nitrogens with zero attached hydrogens (tertiary/aromatic N) is 1. The third-order valence-corrected chi connectivity index (χ3v) is 3.86. The fourth-order valence-corrected chi connectivity index (χ4v) is 2.68. The topological polar surface area (TPSA) is 29.5 Å². The molecule has 4 heteroatoms. The third kappa shape index (κ3) is 3.53. The van der Waals surface area contributed by atoms with Gasteiger partial charge in [-0.1, -0.05) is 29.7 Å². The molecule has 0 aliphatic carbocycles. The van der Waals surface area contributed by atoms with Gasteiger partial charge in [0.05, 0.1) is 6.10 Å². The van der Waals surface area contributed by atoms with Crippen molar-refractivity contribution in [1.82, 2.24) is 4.90 Å². The molecule has 0 radical (unpaired) electrons. The number of rotatable bonds is 2. The van der Waals surface area contributed by atoms with Gasteiger partial charge in [-0.25, -0.2) is 0 Å². The first-order valence-corrected chi connectivity index (χ1v) is 7.01. The van der Waals surface area contributed by atoms with Crippen LogP contribution < -0.4 is 0 Å². The number of hydrogen-bond acceptors (Lipinski definition) is 2. The number of carbonyl (C=O) groups excluding carboxylic acids is 1. The minimum atomic E-state index is -0.131. The van der Waals surface area contributed by atoms with Crippen LogP contribution in [-0.4, -0.2) is 37.1 Å². The molecule has 0 aromatic heterocycles. The molecule has 20 heavy (non-hydrogen) atoms. The van der Waals surface area contributed by atoms with Crippen molar-refractivity contribution in [2.24, 2.45) is 0 Å². The van der Waals surface area contributed by atoms with Crippen LogP contribution in [0.15, 0.2) is 24.3 Å². The Hall–Kier alpha value is -1.50. The van der Waals surface area contributed by atoms with Crippen molar-refractivity contribution in [2.45, 2.75) is 25.4 Å². The summed E-state index contributed by atoms with van der Waals surface area (Å²) in [6.45, 7) is 2.95. The highest BCUT2D eigenvalue weighted by atomic mass is 35.5. The summed E-state index contributed by atoms with van der Waals surface area (Å²) >= 11 is 5.92. The van der Waals surface area contributed by atoms with E-state index in [0.717, 1.165) is 11.4 Å². The van der Waals surface area contributed by atoms with Gasteiger partial charge >= 0.3 is 0 Å². The maximum Gasteiger partial charge on any atom is 0.298 e. The molecule has 1 aromatic carbocycles. The first-order valence-electron chi connectivity index (χ1n) is 6.64. The van der Waals surface area contributed by atoms with Crippen molar-refractivity contribution in [1.29, 1.82) is 0 Å². The van der Waals surface area contributed by atoms with Crippen LogP contribution in [0.1, 0.15) is 24.8 Å². The molecule has 2 atom stereocenters. The minimum absolute atomic E-state index is 0.0482. The Bertz CT molecular complexity index is 530. The fraction of sp³-hybridized carbons (Fsp3) is 0.438. The van der Waals surface area contributed by atoms with E-state index in [1.807, 2.05) is 24.3 Å². The molecular weight excluding hydrogens is 274 g/mol. The number of halogens is 1. The maximum atomic E-state index is 12.0. The predicted molar refractivity (Wildman–Crippen MR) is 79.6 cm³/mol. The maximum absolute atomic E-state index is 12.0. The highest BCUT2D eigenvalue weighted by Gasteiger charge is 2.30. The second-order valence-electron chi connectivity index (χ2n) is 4.93. The van der Waals surface area contributed by atoms with E-state index >= 15 is 0 Å². The molecule has 0 N–H and O–H groups in total. The highest BCUT2D eigenvalue weighted by molar-refractivity contribution is 6.30. The fourth-order valence-electron chi connectivity index (χ4n) is 2.55. The van der Waals surface area contributed by atoms with Crippen LogP contribution in [0.25, 0.3) is 0 Å². The number of benzene rings is 1. The molecule has 0 unspecified atom stereocenters. The molecule has 1 aliphatic heterocycles. The smallest absolute Gasteiger partial charge is 0.298 e. The van der Waals surface area contributed by atoms with Crippen LogP contribution >= 0.6 is 11.6 Å². The third-order valence-electron chi connectivity index (χ3n) is 3.61. The minimum Gasteiger partial charge on any atom is -0.380 e. The molecule has 1 aliphatic rings. The summed E-state index contributed by atoms with van der Waals surface area (Å²) < 4.78 is 5.46. The normalized spacial score (nSPS) is 22.1. The molecule has 3 nitrogen and oxygen atoms in total. The number of likely N-dealkylation sites (tertiary alicyclic amines) is 1. The Morgan fingerprint density at radius 1 is 1.35 bits per heavy atom. The van der Waals surface area contributed by atoms with Crippen molar-refractivity contribution in [3.8, 4) is 11.8 Å². The molecule has 0 saturated carbocycles. The number of hydrogen-bond donors (Lipinski definition) is 0. The van der Waals surface area contributed by atoms with Crippen LogP contribution in [0.2, 0.25) is 5.02 Å². The first kappa shape index (κ1) is 14.9. The lowest BCUT2D eigenvalue weighted by molar-refractivity contribution is -0.129.